The van der Waals surface area contributed by atoms with E-state index >= 15 is 0 Å². The summed E-state index contributed by atoms with van der Waals surface area (Å²) in [4.78, 5) is 4.26. The van der Waals surface area contributed by atoms with Crippen molar-refractivity contribution in [3.8, 4) is 5.88 Å². The molecule has 0 spiro atoms. The molecule has 0 atom stereocenters. The number of aromatic nitrogens is 1. The van der Waals surface area contributed by atoms with E-state index in [2.05, 4.69) is 4.98 Å². The summed E-state index contributed by atoms with van der Waals surface area (Å²) in [5.74, 6) is 0.622. The highest BCUT2D eigenvalue weighted by Crippen LogP contribution is 2.28. The summed E-state index contributed by atoms with van der Waals surface area (Å²) in [6.45, 7) is 0.532. The predicted octanol–water partition coefficient (Wildman–Crippen LogP) is 2.87. The van der Waals surface area contributed by atoms with Crippen molar-refractivity contribution in [2.24, 2.45) is 5.73 Å². The number of fused-ring (bicyclic) bond motifs is 1. The first-order valence-electron chi connectivity index (χ1n) is 6.51. The minimum absolute atomic E-state index is 0.189. The lowest BCUT2D eigenvalue weighted by atomic mass is 9.83. The number of furan rings is 1. The molecule has 0 unspecified atom stereocenters. The van der Waals surface area contributed by atoms with Gasteiger partial charge in [0.25, 0.3) is 0 Å². The van der Waals surface area contributed by atoms with Gasteiger partial charge in [0.1, 0.15) is 12.2 Å². The van der Waals surface area contributed by atoms with Gasteiger partial charge in [-0.25, -0.2) is 4.98 Å². The lowest BCUT2D eigenvalue weighted by molar-refractivity contribution is 0.171. The van der Waals surface area contributed by atoms with Crippen LogP contribution >= 0.6 is 0 Å². The van der Waals surface area contributed by atoms with Crippen LogP contribution in [0.1, 0.15) is 32.1 Å². The zero-order valence-corrected chi connectivity index (χ0v) is 10.4. The third-order valence-electron chi connectivity index (χ3n) is 3.69. The molecule has 1 fully saturated rings. The summed E-state index contributed by atoms with van der Waals surface area (Å²) < 4.78 is 11.1. The van der Waals surface area contributed by atoms with Crippen molar-refractivity contribution in [3.63, 3.8) is 0 Å². The molecule has 0 aliphatic heterocycles. The van der Waals surface area contributed by atoms with Crippen LogP contribution in [-0.4, -0.2) is 17.1 Å². The van der Waals surface area contributed by atoms with E-state index < -0.39 is 0 Å². The molecule has 18 heavy (non-hydrogen) atoms. The summed E-state index contributed by atoms with van der Waals surface area (Å²) >= 11 is 0. The molecule has 0 bridgehead atoms. The number of pyridine rings is 1. The van der Waals surface area contributed by atoms with Crippen LogP contribution in [0.2, 0.25) is 0 Å². The maximum absolute atomic E-state index is 6.35. The highest BCUT2D eigenvalue weighted by molar-refractivity contribution is 5.81. The van der Waals surface area contributed by atoms with Crippen molar-refractivity contribution in [2.45, 2.75) is 37.6 Å². The van der Waals surface area contributed by atoms with E-state index in [4.69, 9.17) is 14.9 Å². The lowest BCUT2D eigenvalue weighted by Crippen LogP contribution is -2.47. The fraction of sp³-hybridized carbons (Fsp3) is 0.500. The van der Waals surface area contributed by atoms with Gasteiger partial charge in [-0.3, -0.25) is 0 Å². The van der Waals surface area contributed by atoms with Gasteiger partial charge < -0.3 is 14.9 Å². The maximum Gasteiger partial charge on any atom is 0.224 e. The molecular formula is C14H18N2O2. The van der Waals surface area contributed by atoms with Crippen molar-refractivity contribution < 1.29 is 9.15 Å². The fourth-order valence-electron chi connectivity index (χ4n) is 2.60. The first-order valence-corrected chi connectivity index (χ1v) is 6.51. The summed E-state index contributed by atoms with van der Waals surface area (Å²) in [6.07, 6.45) is 9.10. The summed E-state index contributed by atoms with van der Waals surface area (Å²) in [5, 5.41) is 0.914. The van der Waals surface area contributed by atoms with Crippen molar-refractivity contribution in [2.75, 3.05) is 6.61 Å². The number of nitrogens with zero attached hydrogens (tertiary/aromatic N) is 1. The second-order valence-corrected chi connectivity index (χ2v) is 5.16. The van der Waals surface area contributed by atoms with Crippen LogP contribution in [0.4, 0.5) is 0 Å². The van der Waals surface area contributed by atoms with Gasteiger partial charge in [-0.05, 0) is 25.0 Å². The Bertz CT molecular complexity index is 529. The van der Waals surface area contributed by atoms with E-state index in [1.807, 2.05) is 12.1 Å². The number of ether oxygens (including phenoxy) is 1. The average Bonchev–Trinajstić information content (AvgIpc) is 2.86. The minimum Gasteiger partial charge on any atom is -0.475 e. The van der Waals surface area contributed by atoms with Crippen LogP contribution in [-0.2, 0) is 0 Å². The Balaban J connectivity index is 1.74. The van der Waals surface area contributed by atoms with Crippen LogP contribution in [0, 0.1) is 0 Å². The number of nitrogens with two attached hydrogens (primary N) is 1. The van der Waals surface area contributed by atoms with Crippen LogP contribution in [0.25, 0.3) is 11.0 Å². The van der Waals surface area contributed by atoms with Gasteiger partial charge in [-0.15, -0.1) is 0 Å². The summed E-state index contributed by atoms with van der Waals surface area (Å²) in [5.41, 5.74) is 6.96. The Hall–Kier alpha value is -1.55. The van der Waals surface area contributed by atoms with Crippen molar-refractivity contribution in [1.82, 2.24) is 4.98 Å². The van der Waals surface area contributed by atoms with Crippen molar-refractivity contribution >= 4 is 11.0 Å². The Morgan fingerprint density at radius 2 is 2.11 bits per heavy atom. The molecule has 1 aliphatic carbocycles. The normalized spacial score (nSPS) is 18.9. The van der Waals surface area contributed by atoms with Crippen molar-refractivity contribution in [3.05, 3.63) is 24.6 Å². The molecule has 0 aromatic carbocycles. The lowest BCUT2D eigenvalue weighted by Gasteiger charge is -2.32. The van der Waals surface area contributed by atoms with Gasteiger partial charge in [0.15, 0.2) is 0 Å². The SMILES string of the molecule is NC1(COc2nccc3occc23)CCCCC1. The van der Waals surface area contributed by atoms with Crippen LogP contribution in [0.3, 0.4) is 0 Å². The highest BCUT2D eigenvalue weighted by atomic mass is 16.5. The average molecular weight is 246 g/mol. The molecule has 1 aliphatic rings. The van der Waals surface area contributed by atoms with E-state index in [9.17, 15) is 0 Å². The third-order valence-corrected chi connectivity index (χ3v) is 3.69. The van der Waals surface area contributed by atoms with Gasteiger partial charge in [-0.2, -0.15) is 0 Å². The molecule has 0 saturated heterocycles. The molecule has 2 aromatic rings. The van der Waals surface area contributed by atoms with Gasteiger partial charge >= 0.3 is 0 Å². The number of hydrogen-bond donors (Lipinski definition) is 1. The van der Waals surface area contributed by atoms with Crippen LogP contribution in [0.5, 0.6) is 5.88 Å². The Morgan fingerprint density at radius 3 is 2.94 bits per heavy atom. The van der Waals surface area contributed by atoms with Crippen molar-refractivity contribution in [1.29, 1.82) is 0 Å². The first-order chi connectivity index (χ1) is 8.77. The topological polar surface area (TPSA) is 61.3 Å². The Morgan fingerprint density at radius 1 is 1.28 bits per heavy atom. The molecular weight excluding hydrogens is 228 g/mol. The molecule has 4 heteroatoms. The third kappa shape index (κ3) is 2.20. The monoisotopic (exact) mass is 246 g/mol. The molecule has 4 nitrogen and oxygen atoms in total. The quantitative estimate of drug-likeness (QED) is 0.904. The Kier molecular flexibility index (Phi) is 2.96. The smallest absolute Gasteiger partial charge is 0.224 e. The molecule has 2 heterocycles. The second-order valence-electron chi connectivity index (χ2n) is 5.16. The zero-order valence-electron chi connectivity index (χ0n) is 10.4. The molecule has 0 radical (unpaired) electrons. The Labute approximate surface area is 106 Å². The summed E-state index contributed by atoms with van der Waals surface area (Å²) in [6, 6.07) is 3.71. The van der Waals surface area contributed by atoms with Crippen LogP contribution in [0.15, 0.2) is 29.0 Å². The van der Waals surface area contributed by atoms with Gasteiger partial charge in [0, 0.05) is 6.20 Å². The maximum atomic E-state index is 6.35. The van der Waals surface area contributed by atoms with Gasteiger partial charge in [0.2, 0.25) is 5.88 Å². The van der Waals surface area contributed by atoms with E-state index in [-0.39, 0.29) is 5.54 Å². The standard InChI is InChI=1S/C14H18N2O2/c15-14(6-2-1-3-7-14)10-18-13-11-5-9-17-12(11)4-8-16-13/h4-5,8-9H,1-3,6-7,10,15H2. The van der Waals surface area contributed by atoms with Gasteiger partial charge in [0.05, 0.1) is 17.2 Å². The van der Waals surface area contributed by atoms with E-state index in [0.29, 0.717) is 12.5 Å². The molecule has 0 amide bonds. The molecule has 2 N–H and O–H groups in total. The minimum atomic E-state index is -0.189. The highest BCUT2D eigenvalue weighted by Gasteiger charge is 2.28. The van der Waals surface area contributed by atoms with E-state index in [1.54, 1.807) is 12.5 Å². The van der Waals surface area contributed by atoms with E-state index in [1.165, 1.54) is 19.3 Å². The number of rotatable bonds is 3. The fourth-order valence-corrected chi connectivity index (χ4v) is 2.60. The molecule has 1 saturated carbocycles. The number of hydrogen-bond acceptors (Lipinski definition) is 4. The van der Waals surface area contributed by atoms with Gasteiger partial charge in [-0.1, -0.05) is 19.3 Å². The predicted molar refractivity (Wildman–Crippen MR) is 69.5 cm³/mol. The second kappa shape index (κ2) is 4.61. The molecule has 96 valence electrons. The largest absolute Gasteiger partial charge is 0.475 e. The first kappa shape index (κ1) is 11.5. The van der Waals surface area contributed by atoms with E-state index in [0.717, 1.165) is 23.8 Å². The molecule has 3 rings (SSSR count). The summed E-state index contributed by atoms with van der Waals surface area (Å²) in [7, 11) is 0. The molecule has 2 aromatic heterocycles. The zero-order chi connectivity index (χ0) is 12.4. The van der Waals surface area contributed by atoms with Crippen LogP contribution < -0.4 is 10.5 Å².